The second-order valence-electron chi connectivity index (χ2n) is 9.65. The van der Waals surface area contributed by atoms with Gasteiger partial charge in [-0.1, -0.05) is 43.6 Å². The summed E-state index contributed by atoms with van der Waals surface area (Å²) in [6.07, 6.45) is 1.63. The van der Waals surface area contributed by atoms with Gasteiger partial charge in [0.1, 0.15) is 0 Å². The van der Waals surface area contributed by atoms with Crippen molar-refractivity contribution in [3.63, 3.8) is 0 Å². The van der Waals surface area contributed by atoms with Gasteiger partial charge in [0, 0.05) is 21.1 Å². The standard InChI is InChI=1S/C16H36O6Si4.5CH4.W/c1-23(2,3)20-25(7,8)22-26(9,21-24(4,5)6)12-10-11-14-13-15(17)19-16(14)18;;;;;;/h14H,10-13H2,1-9H3;5*1H4;. The van der Waals surface area contributed by atoms with Gasteiger partial charge in [-0.2, -0.15) is 0 Å². The number of ether oxygens (including phenoxy) is 1. The molecule has 1 rings (SSSR count). The van der Waals surface area contributed by atoms with Crippen molar-refractivity contribution in [1.82, 2.24) is 0 Å². The first-order valence-corrected chi connectivity index (χ1v) is 21.5. The molecular formula is C21H56O6Si4W. The van der Waals surface area contributed by atoms with E-state index in [2.05, 4.69) is 63.7 Å². The van der Waals surface area contributed by atoms with Crippen LogP contribution in [0.1, 0.15) is 56.4 Å². The van der Waals surface area contributed by atoms with Crippen molar-refractivity contribution in [3.05, 3.63) is 0 Å². The van der Waals surface area contributed by atoms with Crippen LogP contribution in [0.3, 0.4) is 0 Å². The Balaban J connectivity index is -0.000000282. The molecule has 0 aromatic carbocycles. The molecule has 0 aromatic heterocycles. The first kappa shape index (κ1) is 46.0. The maximum absolute atomic E-state index is 11.7. The fourth-order valence-corrected chi connectivity index (χ4v) is 21.4. The van der Waals surface area contributed by atoms with E-state index in [4.69, 9.17) is 12.3 Å². The number of hydrogen-bond acceptors (Lipinski definition) is 6. The minimum atomic E-state index is -2.45. The Hall–Kier alpha value is 0.576. The fourth-order valence-electron chi connectivity index (χ4n) is 3.46. The summed E-state index contributed by atoms with van der Waals surface area (Å²) in [5, 5.41) is 0. The number of carbonyl (C=O) groups excluding carboxylic acids is 2. The van der Waals surface area contributed by atoms with E-state index < -0.39 is 39.7 Å². The summed E-state index contributed by atoms with van der Waals surface area (Å²) in [6, 6.07) is 0.792. The molecule has 2 unspecified atom stereocenters. The molecule has 1 fully saturated rings. The van der Waals surface area contributed by atoms with Crippen molar-refractivity contribution < 1.29 is 47.7 Å². The molecule has 11 heteroatoms. The third kappa shape index (κ3) is 18.9. The summed E-state index contributed by atoms with van der Waals surface area (Å²) in [4.78, 5) is 22.9. The smallest absolute Gasteiger partial charge is 0.317 e. The zero-order chi connectivity index (χ0) is 20.4. The molecule has 0 saturated carbocycles. The minimum Gasteiger partial charge on any atom is -0.437 e. The predicted octanol–water partition coefficient (Wildman–Crippen LogP) is 7.53. The minimum absolute atomic E-state index is 0. The molecule has 0 bridgehead atoms. The molecule has 0 N–H and O–H groups in total. The Kier molecular flexibility index (Phi) is 24.5. The number of esters is 2. The molecule has 6 nitrogen and oxygen atoms in total. The van der Waals surface area contributed by atoms with E-state index in [0.29, 0.717) is 6.42 Å². The molecule has 2 atom stereocenters. The van der Waals surface area contributed by atoms with Gasteiger partial charge in [-0.15, -0.1) is 0 Å². The molecule has 1 aliphatic heterocycles. The van der Waals surface area contributed by atoms with Crippen LogP contribution in [-0.4, -0.2) is 45.7 Å². The first-order valence-electron chi connectivity index (χ1n) is 9.35. The third-order valence-corrected chi connectivity index (χ3v) is 17.2. The van der Waals surface area contributed by atoms with Crippen LogP contribution in [0.25, 0.3) is 0 Å². The predicted molar refractivity (Wildman–Crippen MR) is 146 cm³/mol. The summed E-state index contributed by atoms with van der Waals surface area (Å²) in [5.74, 6) is -1.11. The van der Waals surface area contributed by atoms with Crippen molar-refractivity contribution in [2.75, 3.05) is 0 Å². The van der Waals surface area contributed by atoms with E-state index in [1.54, 1.807) is 0 Å². The third-order valence-electron chi connectivity index (χ3n) is 3.68. The number of cyclic esters (lactones) is 2. The van der Waals surface area contributed by atoms with Crippen LogP contribution in [-0.2, 0) is 47.7 Å². The van der Waals surface area contributed by atoms with E-state index >= 15 is 0 Å². The van der Waals surface area contributed by atoms with Gasteiger partial charge < -0.3 is 17.1 Å². The zero-order valence-corrected chi connectivity index (χ0v) is 25.2. The molecule has 1 aliphatic rings. The Bertz CT molecular complexity index is 535. The Morgan fingerprint density at radius 1 is 0.781 bits per heavy atom. The van der Waals surface area contributed by atoms with E-state index in [1.807, 2.05) is 0 Å². The molecule has 0 radical (unpaired) electrons. The van der Waals surface area contributed by atoms with Crippen LogP contribution in [0.2, 0.25) is 65.0 Å². The summed E-state index contributed by atoms with van der Waals surface area (Å²) < 4.78 is 24.1. The largest absolute Gasteiger partial charge is 0.437 e. The number of rotatable bonds is 10. The van der Waals surface area contributed by atoms with E-state index in [1.165, 1.54) is 0 Å². The van der Waals surface area contributed by atoms with E-state index in [9.17, 15) is 9.59 Å². The number of hydrogen-bond donors (Lipinski definition) is 0. The fraction of sp³-hybridized carbons (Fsp3) is 0.905. The van der Waals surface area contributed by atoms with E-state index in [-0.39, 0.29) is 76.5 Å². The van der Waals surface area contributed by atoms with Crippen LogP contribution in [0, 0.1) is 5.92 Å². The second-order valence-corrected chi connectivity index (χ2v) is 26.1. The van der Waals surface area contributed by atoms with Crippen LogP contribution < -0.4 is 0 Å². The monoisotopic (exact) mass is 700 g/mol. The van der Waals surface area contributed by atoms with Crippen LogP contribution in [0.4, 0.5) is 0 Å². The van der Waals surface area contributed by atoms with Crippen molar-refractivity contribution >= 4 is 45.7 Å². The quantitative estimate of drug-likeness (QED) is 0.133. The van der Waals surface area contributed by atoms with Gasteiger partial charge in [0.2, 0.25) is 0 Å². The molecule has 1 heterocycles. The Morgan fingerprint density at radius 2 is 1.22 bits per heavy atom. The SMILES string of the molecule is C.C.C.C.C.C[Si](C)(C)O[Si](C)(C)O[Si](C)(CCCC1CC(=O)OC1=O)O[Si](C)(C)C.[W]. The maximum Gasteiger partial charge on any atom is 0.317 e. The Morgan fingerprint density at radius 3 is 1.56 bits per heavy atom. The average Bonchev–Trinajstić information content (AvgIpc) is 2.60. The first-order chi connectivity index (χ1) is 11.5. The molecule has 0 aliphatic carbocycles. The van der Waals surface area contributed by atoms with Crippen molar-refractivity contribution in [1.29, 1.82) is 0 Å². The van der Waals surface area contributed by atoms with Crippen LogP contribution >= 0.6 is 0 Å². The number of carbonyl (C=O) groups is 2. The van der Waals surface area contributed by atoms with Gasteiger partial charge in [-0.3, -0.25) is 9.59 Å². The van der Waals surface area contributed by atoms with Crippen LogP contribution in [0.15, 0.2) is 0 Å². The molecule has 32 heavy (non-hydrogen) atoms. The van der Waals surface area contributed by atoms with Crippen molar-refractivity contribution in [2.24, 2.45) is 5.92 Å². The second kappa shape index (κ2) is 17.1. The molecular weight excluding hydrogens is 644 g/mol. The van der Waals surface area contributed by atoms with Gasteiger partial charge in [-0.05, 0) is 71.4 Å². The maximum atomic E-state index is 11.7. The molecule has 0 spiro atoms. The normalized spacial score (nSPS) is 17.6. The van der Waals surface area contributed by atoms with Gasteiger partial charge in [0.05, 0.1) is 12.3 Å². The summed E-state index contributed by atoms with van der Waals surface area (Å²) >= 11 is 0. The summed E-state index contributed by atoms with van der Waals surface area (Å²) in [6.45, 7) is 19.3. The summed E-state index contributed by atoms with van der Waals surface area (Å²) in [7, 11) is -8.24. The Labute approximate surface area is 219 Å². The van der Waals surface area contributed by atoms with E-state index in [0.717, 1.165) is 12.5 Å². The van der Waals surface area contributed by atoms with Crippen molar-refractivity contribution in [3.8, 4) is 0 Å². The van der Waals surface area contributed by atoms with Crippen LogP contribution in [0.5, 0.6) is 0 Å². The van der Waals surface area contributed by atoms with Gasteiger partial charge in [0.15, 0.2) is 16.6 Å². The zero-order valence-electron chi connectivity index (χ0n) is 18.3. The summed E-state index contributed by atoms with van der Waals surface area (Å²) in [5.41, 5.74) is 0. The van der Waals surface area contributed by atoms with Crippen molar-refractivity contribution in [2.45, 2.75) is 121 Å². The molecule has 1 saturated heterocycles. The molecule has 0 amide bonds. The molecule has 198 valence electrons. The van der Waals surface area contributed by atoms with Gasteiger partial charge in [-0.25, -0.2) is 0 Å². The average molecular weight is 701 g/mol. The van der Waals surface area contributed by atoms with Gasteiger partial charge in [0.25, 0.3) is 0 Å². The molecule has 0 aromatic rings. The van der Waals surface area contributed by atoms with Gasteiger partial charge >= 0.3 is 29.1 Å². The topological polar surface area (TPSA) is 71.1 Å².